The minimum absolute atomic E-state index is 0.354. The molecule has 0 bridgehead atoms. The Balaban J connectivity index is 1.62. The third-order valence-electron chi connectivity index (χ3n) is 4.68. The van der Waals surface area contributed by atoms with Crippen LogP contribution in [0.25, 0.3) is 10.2 Å². The highest BCUT2D eigenvalue weighted by atomic mass is 32.1. The predicted octanol–water partition coefficient (Wildman–Crippen LogP) is 3.95. The van der Waals surface area contributed by atoms with Crippen LogP contribution in [0, 0.1) is 13.8 Å². The highest BCUT2D eigenvalue weighted by Crippen LogP contribution is 2.34. The number of thiophene rings is 1. The first-order valence-corrected chi connectivity index (χ1v) is 10.0. The van der Waals surface area contributed by atoms with Gasteiger partial charge in [-0.05, 0) is 25.0 Å². The van der Waals surface area contributed by atoms with Crippen molar-refractivity contribution in [1.29, 1.82) is 0 Å². The number of nitrogens with one attached hydrogen (secondary N) is 1. The molecule has 0 spiro atoms. The monoisotopic (exact) mass is 407 g/mol. The van der Waals surface area contributed by atoms with E-state index in [0.29, 0.717) is 23.1 Å². The zero-order valence-corrected chi connectivity index (χ0v) is 17.3. The van der Waals surface area contributed by atoms with Crippen molar-refractivity contribution in [3.63, 3.8) is 0 Å². The van der Waals surface area contributed by atoms with E-state index in [1.807, 2.05) is 38.2 Å². The SMILES string of the molecule is COC(=O)c1sc2nc(C)nc(NCc3nccn3Cc3ccccc3)c2c1C. The molecule has 0 aliphatic heterocycles. The number of rotatable bonds is 6. The van der Waals surface area contributed by atoms with Crippen molar-refractivity contribution in [2.75, 3.05) is 12.4 Å². The number of carbonyl (C=O) groups excluding carboxylic acids is 1. The van der Waals surface area contributed by atoms with Gasteiger partial charge in [-0.2, -0.15) is 0 Å². The molecule has 0 saturated carbocycles. The quantitative estimate of drug-likeness (QED) is 0.487. The Morgan fingerprint density at radius 3 is 2.76 bits per heavy atom. The van der Waals surface area contributed by atoms with Crippen molar-refractivity contribution in [1.82, 2.24) is 19.5 Å². The summed E-state index contributed by atoms with van der Waals surface area (Å²) in [5.74, 6) is 1.89. The zero-order valence-electron chi connectivity index (χ0n) is 16.5. The van der Waals surface area contributed by atoms with Crippen LogP contribution >= 0.6 is 11.3 Å². The number of aryl methyl sites for hydroxylation is 2. The van der Waals surface area contributed by atoms with Crippen LogP contribution in [0.1, 0.15) is 32.4 Å². The van der Waals surface area contributed by atoms with Gasteiger partial charge in [0.05, 0.1) is 19.0 Å². The Hall–Kier alpha value is -3.26. The molecule has 8 heteroatoms. The molecule has 4 aromatic rings. The fourth-order valence-corrected chi connectivity index (χ4v) is 4.40. The van der Waals surface area contributed by atoms with Gasteiger partial charge >= 0.3 is 5.97 Å². The molecule has 0 aliphatic carbocycles. The first-order chi connectivity index (χ1) is 14.1. The second-order valence-electron chi connectivity index (χ2n) is 6.66. The average molecular weight is 407 g/mol. The van der Waals surface area contributed by atoms with Gasteiger partial charge in [0.15, 0.2) is 0 Å². The van der Waals surface area contributed by atoms with E-state index in [9.17, 15) is 4.79 Å². The molecule has 0 aliphatic rings. The lowest BCUT2D eigenvalue weighted by atomic mass is 10.2. The average Bonchev–Trinajstić information content (AvgIpc) is 3.30. The molecule has 4 rings (SSSR count). The first-order valence-electron chi connectivity index (χ1n) is 9.20. The van der Waals surface area contributed by atoms with Crippen LogP contribution in [0.4, 0.5) is 5.82 Å². The molecule has 0 amide bonds. The van der Waals surface area contributed by atoms with Gasteiger partial charge in [0.1, 0.15) is 27.2 Å². The van der Waals surface area contributed by atoms with Crippen molar-refractivity contribution in [3.8, 4) is 0 Å². The third-order valence-corrected chi connectivity index (χ3v) is 5.85. The van der Waals surface area contributed by atoms with Crippen molar-refractivity contribution in [2.45, 2.75) is 26.9 Å². The van der Waals surface area contributed by atoms with E-state index in [4.69, 9.17) is 4.74 Å². The molecule has 0 atom stereocenters. The summed E-state index contributed by atoms with van der Waals surface area (Å²) in [4.78, 5) is 26.9. The van der Waals surface area contributed by atoms with E-state index in [-0.39, 0.29) is 5.97 Å². The second kappa shape index (κ2) is 8.00. The smallest absolute Gasteiger partial charge is 0.348 e. The Morgan fingerprint density at radius 1 is 1.21 bits per heavy atom. The van der Waals surface area contributed by atoms with Crippen molar-refractivity contribution in [2.24, 2.45) is 0 Å². The fourth-order valence-electron chi connectivity index (χ4n) is 3.25. The standard InChI is InChI=1S/C21H21N5O2S/c1-13-17-19(24-14(2)25-20(17)29-18(13)21(27)28-3)23-11-16-22-9-10-26(16)12-15-7-5-4-6-8-15/h4-10H,11-12H2,1-3H3,(H,23,24,25). The number of hydrogen-bond donors (Lipinski definition) is 1. The molecule has 0 saturated heterocycles. The zero-order chi connectivity index (χ0) is 20.4. The number of fused-ring (bicyclic) bond motifs is 1. The lowest BCUT2D eigenvalue weighted by molar-refractivity contribution is 0.0605. The first kappa shape index (κ1) is 19.1. The lowest BCUT2D eigenvalue weighted by Gasteiger charge is -2.11. The fraction of sp³-hybridized carbons (Fsp3) is 0.238. The van der Waals surface area contributed by atoms with E-state index in [2.05, 4.69) is 37.0 Å². The number of ether oxygens (including phenoxy) is 1. The number of carbonyl (C=O) groups is 1. The van der Waals surface area contributed by atoms with Crippen LogP contribution in [0.15, 0.2) is 42.7 Å². The summed E-state index contributed by atoms with van der Waals surface area (Å²) in [6.07, 6.45) is 3.77. The summed E-state index contributed by atoms with van der Waals surface area (Å²) in [7, 11) is 1.38. The van der Waals surface area contributed by atoms with Crippen LogP contribution < -0.4 is 5.32 Å². The minimum Gasteiger partial charge on any atom is -0.465 e. The maximum absolute atomic E-state index is 12.1. The molecule has 148 valence electrons. The highest BCUT2D eigenvalue weighted by Gasteiger charge is 2.20. The minimum atomic E-state index is -0.354. The van der Waals surface area contributed by atoms with Gasteiger partial charge in [0, 0.05) is 18.9 Å². The summed E-state index contributed by atoms with van der Waals surface area (Å²) in [5, 5.41) is 4.24. The molecular formula is C21H21N5O2S. The van der Waals surface area contributed by atoms with E-state index in [1.54, 1.807) is 6.20 Å². The number of aromatic nitrogens is 4. The van der Waals surface area contributed by atoms with Gasteiger partial charge < -0.3 is 14.6 Å². The maximum atomic E-state index is 12.1. The molecule has 0 unspecified atom stereocenters. The van der Waals surface area contributed by atoms with Gasteiger partial charge in [-0.3, -0.25) is 0 Å². The molecule has 0 radical (unpaired) electrons. The number of nitrogens with zero attached hydrogens (tertiary/aromatic N) is 4. The van der Waals surface area contributed by atoms with Gasteiger partial charge in [-0.25, -0.2) is 19.7 Å². The molecule has 0 fully saturated rings. The number of hydrogen-bond acceptors (Lipinski definition) is 7. The highest BCUT2D eigenvalue weighted by molar-refractivity contribution is 7.20. The molecule has 3 heterocycles. The van der Waals surface area contributed by atoms with Crippen LogP contribution in [-0.4, -0.2) is 32.6 Å². The summed E-state index contributed by atoms with van der Waals surface area (Å²) >= 11 is 1.33. The van der Waals surface area contributed by atoms with Crippen molar-refractivity contribution >= 4 is 33.3 Å². The van der Waals surface area contributed by atoms with E-state index in [1.165, 1.54) is 24.0 Å². The third kappa shape index (κ3) is 3.84. The maximum Gasteiger partial charge on any atom is 0.348 e. The number of methoxy groups -OCH3 is 1. The Labute approximate surface area is 172 Å². The van der Waals surface area contributed by atoms with Crippen LogP contribution in [-0.2, 0) is 17.8 Å². The summed E-state index contributed by atoms with van der Waals surface area (Å²) in [5.41, 5.74) is 2.04. The Bertz CT molecular complexity index is 1170. The van der Waals surface area contributed by atoms with Gasteiger partial charge in [-0.15, -0.1) is 11.3 Å². The van der Waals surface area contributed by atoms with Crippen LogP contribution in [0.5, 0.6) is 0 Å². The van der Waals surface area contributed by atoms with E-state index in [0.717, 1.165) is 28.1 Å². The molecule has 3 aromatic heterocycles. The topological polar surface area (TPSA) is 81.9 Å². The van der Waals surface area contributed by atoms with Gasteiger partial charge in [-0.1, -0.05) is 30.3 Å². The summed E-state index contributed by atoms with van der Waals surface area (Å²) in [6.45, 7) is 4.99. The summed E-state index contributed by atoms with van der Waals surface area (Å²) < 4.78 is 7.00. The second-order valence-corrected chi connectivity index (χ2v) is 7.66. The predicted molar refractivity (Wildman–Crippen MR) is 113 cm³/mol. The number of esters is 1. The van der Waals surface area contributed by atoms with E-state index >= 15 is 0 Å². The summed E-state index contributed by atoms with van der Waals surface area (Å²) in [6, 6.07) is 10.3. The largest absolute Gasteiger partial charge is 0.465 e. The molecular weight excluding hydrogens is 386 g/mol. The lowest BCUT2D eigenvalue weighted by Crippen LogP contribution is -2.11. The number of anilines is 1. The normalized spacial score (nSPS) is 11.0. The Morgan fingerprint density at radius 2 is 2.00 bits per heavy atom. The number of benzene rings is 1. The van der Waals surface area contributed by atoms with Gasteiger partial charge in [0.25, 0.3) is 0 Å². The van der Waals surface area contributed by atoms with Crippen molar-refractivity contribution in [3.05, 3.63) is 70.4 Å². The van der Waals surface area contributed by atoms with Crippen molar-refractivity contribution < 1.29 is 9.53 Å². The molecule has 29 heavy (non-hydrogen) atoms. The molecule has 7 nitrogen and oxygen atoms in total. The van der Waals surface area contributed by atoms with Crippen LogP contribution in [0.2, 0.25) is 0 Å². The number of imidazole rings is 1. The van der Waals surface area contributed by atoms with Gasteiger partial charge in [0.2, 0.25) is 0 Å². The van der Waals surface area contributed by atoms with Crippen LogP contribution in [0.3, 0.4) is 0 Å². The Kier molecular flexibility index (Phi) is 5.26. The molecule has 1 N–H and O–H groups in total. The molecule has 1 aromatic carbocycles. The van der Waals surface area contributed by atoms with E-state index < -0.39 is 0 Å².